The molecular weight excluding hydrogens is 488 g/mol. The van der Waals surface area contributed by atoms with Gasteiger partial charge in [0.1, 0.15) is 18.2 Å². The van der Waals surface area contributed by atoms with Gasteiger partial charge < -0.3 is 9.47 Å². The molecule has 0 spiro atoms. The molecule has 182 valence electrons. The summed E-state index contributed by atoms with van der Waals surface area (Å²) in [5.74, 6) is 0.144. The molecule has 0 radical (unpaired) electrons. The lowest BCUT2D eigenvalue weighted by Gasteiger charge is -2.13. The van der Waals surface area contributed by atoms with Crippen molar-refractivity contribution < 1.29 is 22.7 Å². The Labute approximate surface area is 208 Å². The van der Waals surface area contributed by atoms with Gasteiger partial charge in [0.25, 0.3) is 5.91 Å². The first-order valence-electron chi connectivity index (χ1n) is 10.7. The molecule has 1 aromatic heterocycles. The van der Waals surface area contributed by atoms with Gasteiger partial charge in [-0.25, -0.2) is 8.42 Å². The van der Waals surface area contributed by atoms with Gasteiger partial charge in [-0.05, 0) is 43.2 Å². The number of hydrogen-bond acceptors (Lipinski definition) is 9. The molecule has 0 saturated carbocycles. The first-order chi connectivity index (χ1) is 16.7. The van der Waals surface area contributed by atoms with E-state index in [4.69, 9.17) is 9.47 Å². The fraction of sp³-hybridized carbons (Fsp3) is 0.250. The fourth-order valence-electron chi connectivity index (χ4n) is 2.95. The maximum Gasteiger partial charge on any atom is 0.268 e. The lowest BCUT2D eigenvalue weighted by molar-refractivity contribution is -0.112. The maximum atomic E-state index is 12.6. The lowest BCUT2D eigenvalue weighted by atomic mass is 10.1. The second kappa shape index (κ2) is 11.6. The molecule has 1 N–H and O–H groups in total. The number of nitrogens with one attached hydrogen (secondary N) is 1. The number of carbonyl (C=O) groups is 1. The summed E-state index contributed by atoms with van der Waals surface area (Å²) < 4.78 is 35.2. The number of amides is 1. The Hall–Kier alpha value is -3.75. The Morgan fingerprint density at radius 2 is 1.94 bits per heavy atom. The highest BCUT2D eigenvalue weighted by Crippen LogP contribution is 2.30. The summed E-state index contributed by atoms with van der Waals surface area (Å²) in [6.45, 7) is 6.10. The van der Waals surface area contributed by atoms with Crippen molar-refractivity contribution >= 4 is 38.3 Å². The summed E-state index contributed by atoms with van der Waals surface area (Å²) >= 11 is 0.727. The van der Waals surface area contributed by atoms with Crippen LogP contribution in [0.1, 0.15) is 30.5 Å². The minimum Gasteiger partial charge on any atom is -0.490 e. The third kappa shape index (κ3) is 6.88. The average molecular weight is 513 g/mol. The third-order valence-corrected chi connectivity index (χ3v) is 7.71. The van der Waals surface area contributed by atoms with Crippen LogP contribution in [0.15, 0.2) is 52.4 Å². The summed E-state index contributed by atoms with van der Waals surface area (Å²) in [7, 11) is -3.54. The van der Waals surface area contributed by atoms with Crippen molar-refractivity contribution in [3.63, 3.8) is 0 Å². The van der Waals surface area contributed by atoms with Crippen molar-refractivity contribution in [3.05, 3.63) is 64.7 Å². The molecule has 0 aliphatic carbocycles. The Balaban J connectivity index is 1.77. The summed E-state index contributed by atoms with van der Waals surface area (Å²) in [6, 6.07) is 14.9. The average Bonchev–Trinajstić information content (AvgIpc) is 3.31. The van der Waals surface area contributed by atoms with Gasteiger partial charge in [0, 0.05) is 0 Å². The Morgan fingerprint density at radius 1 is 1.14 bits per heavy atom. The van der Waals surface area contributed by atoms with Crippen molar-refractivity contribution in [3.8, 4) is 17.6 Å². The van der Waals surface area contributed by atoms with Crippen molar-refractivity contribution in [1.82, 2.24) is 10.2 Å². The van der Waals surface area contributed by atoms with Crippen LogP contribution in [0.25, 0.3) is 6.08 Å². The van der Waals surface area contributed by atoms with Crippen LogP contribution >= 0.6 is 11.3 Å². The number of rotatable bonds is 10. The summed E-state index contributed by atoms with van der Waals surface area (Å²) in [4.78, 5) is 12.6. The zero-order chi connectivity index (χ0) is 25.4. The molecule has 3 aromatic rings. The smallest absolute Gasteiger partial charge is 0.268 e. The molecule has 11 heteroatoms. The van der Waals surface area contributed by atoms with Crippen LogP contribution in [0.4, 0.5) is 5.13 Å². The van der Waals surface area contributed by atoms with Crippen molar-refractivity contribution in [1.29, 1.82) is 5.26 Å². The molecule has 0 saturated heterocycles. The number of benzene rings is 2. The van der Waals surface area contributed by atoms with Crippen molar-refractivity contribution in [2.45, 2.75) is 31.7 Å². The molecule has 1 amide bonds. The van der Waals surface area contributed by atoms with E-state index in [-0.39, 0.29) is 20.8 Å². The fourth-order valence-corrected chi connectivity index (χ4v) is 4.94. The van der Waals surface area contributed by atoms with E-state index in [1.54, 1.807) is 18.2 Å². The quantitative estimate of drug-likeness (QED) is 0.243. The standard InChI is InChI=1S/C24H24N4O5S2/c1-4-32-21-13-17(9-10-20(21)33-15-18-8-6-7-16(3)11-18)12-19(14-25)22(29)26-23-27-28-24(34-23)35(30,31)5-2/h6-13H,4-5,15H2,1-3H3,(H,26,27,29)/b19-12-. The van der Waals surface area contributed by atoms with Gasteiger partial charge in [0.15, 0.2) is 11.5 Å². The molecule has 1 heterocycles. The third-order valence-electron chi connectivity index (χ3n) is 4.69. The molecule has 2 aromatic carbocycles. The van der Waals surface area contributed by atoms with Gasteiger partial charge in [-0.2, -0.15) is 5.26 Å². The SMILES string of the molecule is CCOc1cc(/C=C(/C#N)C(=O)Nc2nnc(S(=O)(=O)CC)s2)ccc1OCc1cccc(C)c1. The summed E-state index contributed by atoms with van der Waals surface area (Å²) in [6.07, 6.45) is 1.40. The Bertz CT molecular complexity index is 1390. The number of aromatic nitrogens is 2. The number of anilines is 1. The monoisotopic (exact) mass is 512 g/mol. The van der Waals surface area contributed by atoms with Gasteiger partial charge in [-0.1, -0.05) is 54.2 Å². The number of hydrogen-bond donors (Lipinski definition) is 1. The Kier molecular flexibility index (Phi) is 8.57. The highest BCUT2D eigenvalue weighted by molar-refractivity contribution is 7.93. The van der Waals surface area contributed by atoms with E-state index >= 15 is 0 Å². The highest BCUT2D eigenvalue weighted by Gasteiger charge is 2.20. The zero-order valence-electron chi connectivity index (χ0n) is 19.4. The first-order valence-corrected chi connectivity index (χ1v) is 13.2. The summed E-state index contributed by atoms with van der Waals surface area (Å²) in [5.41, 5.74) is 2.51. The van der Waals surface area contributed by atoms with E-state index in [1.807, 2.05) is 44.2 Å². The van der Waals surface area contributed by atoms with Gasteiger partial charge >= 0.3 is 0 Å². The molecule has 0 bridgehead atoms. The van der Waals surface area contributed by atoms with Crippen LogP contribution in [0.2, 0.25) is 0 Å². The molecule has 9 nitrogen and oxygen atoms in total. The topological polar surface area (TPSA) is 131 Å². The van der Waals surface area contributed by atoms with Gasteiger partial charge in [-0.3, -0.25) is 10.1 Å². The molecule has 3 rings (SSSR count). The zero-order valence-corrected chi connectivity index (χ0v) is 21.1. The minimum absolute atomic E-state index is 0.0157. The second-order valence-electron chi connectivity index (χ2n) is 7.32. The molecular formula is C24H24N4O5S2. The predicted octanol–water partition coefficient (Wildman–Crippen LogP) is 4.16. The van der Waals surface area contributed by atoms with Gasteiger partial charge in [0.05, 0.1) is 12.4 Å². The van der Waals surface area contributed by atoms with Crippen LogP contribution in [-0.4, -0.2) is 36.9 Å². The number of carbonyl (C=O) groups excluding carboxylic acids is 1. The molecule has 0 atom stereocenters. The number of nitriles is 1. The van der Waals surface area contributed by atoms with Crippen LogP contribution in [0, 0.1) is 18.3 Å². The predicted molar refractivity (Wildman–Crippen MR) is 133 cm³/mol. The van der Waals surface area contributed by atoms with E-state index in [9.17, 15) is 18.5 Å². The number of ether oxygens (including phenoxy) is 2. The van der Waals surface area contributed by atoms with E-state index in [0.717, 1.165) is 22.5 Å². The Morgan fingerprint density at radius 3 is 2.63 bits per heavy atom. The summed E-state index contributed by atoms with van der Waals surface area (Å²) in [5, 5.41) is 19.2. The minimum atomic E-state index is -3.54. The van der Waals surface area contributed by atoms with Gasteiger partial charge in [-0.15, -0.1) is 10.2 Å². The van der Waals surface area contributed by atoms with Crippen LogP contribution in [0.5, 0.6) is 11.5 Å². The van der Waals surface area contributed by atoms with E-state index in [0.29, 0.717) is 30.3 Å². The molecule has 0 aliphatic rings. The van der Waals surface area contributed by atoms with E-state index in [2.05, 4.69) is 15.5 Å². The second-order valence-corrected chi connectivity index (χ2v) is 10.7. The maximum absolute atomic E-state index is 12.6. The lowest BCUT2D eigenvalue weighted by Crippen LogP contribution is -2.13. The van der Waals surface area contributed by atoms with Crippen LogP contribution in [-0.2, 0) is 21.2 Å². The largest absolute Gasteiger partial charge is 0.490 e. The molecule has 0 unspecified atom stereocenters. The van der Waals surface area contributed by atoms with Crippen molar-refractivity contribution in [2.24, 2.45) is 0 Å². The number of nitrogens with zero attached hydrogens (tertiary/aromatic N) is 3. The highest BCUT2D eigenvalue weighted by atomic mass is 32.2. The van der Waals surface area contributed by atoms with E-state index < -0.39 is 15.7 Å². The molecule has 35 heavy (non-hydrogen) atoms. The molecule has 0 aliphatic heterocycles. The number of sulfone groups is 1. The number of aryl methyl sites for hydroxylation is 1. The first kappa shape index (κ1) is 25.9. The van der Waals surface area contributed by atoms with Crippen molar-refractivity contribution in [2.75, 3.05) is 17.7 Å². The van der Waals surface area contributed by atoms with Gasteiger partial charge in [0.2, 0.25) is 19.3 Å². The normalized spacial score (nSPS) is 11.5. The van der Waals surface area contributed by atoms with E-state index in [1.165, 1.54) is 13.0 Å². The molecule has 0 fully saturated rings. The van der Waals surface area contributed by atoms with Crippen LogP contribution < -0.4 is 14.8 Å². The van der Waals surface area contributed by atoms with Crippen LogP contribution in [0.3, 0.4) is 0 Å².